The fraction of sp³-hybridized carbons (Fsp3) is 0.636. The Hall–Kier alpha value is -0.320. The summed E-state index contributed by atoms with van der Waals surface area (Å²) < 4.78 is 11.5. The largest absolute Gasteiger partial charge is 0.457 e. The quantitative estimate of drug-likeness (QED) is 0.918. The van der Waals surface area contributed by atoms with E-state index in [1.54, 1.807) is 6.26 Å². The van der Waals surface area contributed by atoms with Gasteiger partial charge in [-0.3, -0.25) is 0 Å². The van der Waals surface area contributed by atoms with Gasteiger partial charge in [-0.15, -0.1) is 0 Å². The maximum atomic E-state index is 6.07. The molecule has 1 aromatic rings. The number of nitrogens with two attached hydrogens (primary N) is 1. The molecule has 2 N–H and O–H groups in total. The molecule has 2 unspecified atom stereocenters. The summed E-state index contributed by atoms with van der Waals surface area (Å²) in [5.41, 5.74) is 7.12. The van der Waals surface area contributed by atoms with Crippen molar-refractivity contribution >= 4 is 15.9 Å². The molecule has 1 aromatic heterocycles. The van der Waals surface area contributed by atoms with Crippen molar-refractivity contribution in [1.29, 1.82) is 0 Å². The molecule has 0 aliphatic carbocycles. The SMILES string of the molecule is NC(CCC1CCCO1)c1ccoc1Br. The Morgan fingerprint density at radius 1 is 1.60 bits per heavy atom. The van der Waals surface area contributed by atoms with Gasteiger partial charge in [0.05, 0.1) is 12.4 Å². The minimum Gasteiger partial charge on any atom is -0.457 e. The number of ether oxygens (including phenoxy) is 1. The second-order valence-electron chi connectivity index (χ2n) is 3.97. The van der Waals surface area contributed by atoms with E-state index in [9.17, 15) is 0 Å². The van der Waals surface area contributed by atoms with Crippen molar-refractivity contribution in [2.24, 2.45) is 5.73 Å². The van der Waals surface area contributed by atoms with E-state index in [4.69, 9.17) is 14.9 Å². The molecule has 3 nitrogen and oxygen atoms in total. The molecule has 1 aliphatic heterocycles. The lowest BCUT2D eigenvalue weighted by atomic mass is 10.0. The minimum atomic E-state index is 0.0438. The number of rotatable bonds is 4. The minimum absolute atomic E-state index is 0.0438. The van der Waals surface area contributed by atoms with Gasteiger partial charge in [0.2, 0.25) is 0 Å². The smallest absolute Gasteiger partial charge is 0.173 e. The van der Waals surface area contributed by atoms with E-state index in [2.05, 4.69) is 15.9 Å². The van der Waals surface area contributed by atoms with E-state index in [0.29, 0.717) is 6.10 Å². The normalized spacial score (nSPS) is 23.2. The highest BCUT2D eigenvalue weighted by molar-refractivity contribution is 9.10. The second-order valence-corrected chi connectivity index (χ2v) is 4.69. The van der Waals surface area contributed by atoms with Gasteiger partial charge in [0, 0.05) is 18.2 Å². The second kappa shape index (κ2) is 5.14. The van der Waals surface area contributed by atoms with Gasteiger partial charge in [-0.25, -0.2) is 0 Å². The van der Waals surface area contributed by atoms with Crippen LogP contribution in [0.5, 0.6) is 0 Å². The standard InChI is InChI=1S/C11H16BrNO2/c12-11-9(5-7-15-11)10(13)4-3-8-2-1-6-14-8/h5,7-8,10H,1-4,6,13H2. The van der Waals surface area contributed by atoms with Crippen LogP contribution >= 0.6 is 15.9 Å². The molecule has 0 spiro atoms. The van der Waals surface area contributed by atoms with Crippen molar-refractivity contribution in [3.63, 3.8) is 0 Å². The van der Waals surface area contributed by atoms with E-state index >= 15 is 0 Å². The Morgan fingerprint density at radius 2 is 2.47 bits per heavy atom. The van der Waals surface area contributed by atoms with Gasteiger partial charge in [0.1, 0.15) is 0 Å². The van der Waals surface area contributed by atoms with Crippen molar-refractivity contribution in [3.8, 4) is 0 Å². The van der Waals surface area contributed by atoms with Gasteiger partial charge in [-0.2, -0.15) is 0 Å². The van der Waals surface area contributed by atoms with Crippen LogP contribution in [0.4, 0.5) is 0 Å². The van der Waals surface area contributed by atoms with E-state index < -0.39 is 0 Å². The Balaban J connectivity index is 1.81. The summed E-state index contributed by atoms with van der Waals surface area (Å²) in [5, 5.41) is 0. The van der Waals surface area contributed by atoms with E-state index in [0.717, 1.165) is 29.7 Å². The highest BCUT2D eigenvalue weighted by Gasteiger charge is 2.18. The van der Waals surface area contributed by atoms with Gasteiger partial charge in [0.15, 0.2) is 4.67 Å². The summed E-state index contributed by atoms with van der Waals surface area (Å²) in [6.45, 7) is 0.912. The average molecular weight is 274 g/mol. The Labute approximate surface area is 98.1 Å². The third kappa shape index (κ3) is 2.83. The number of hydrogen-bond acceptors (Lipinski definition) is 3. The van der Waals surface area contributed by atoms with E-state index in [-0.39, 0.29) is 6.04 Å². The summed E-state index contributed by atoms with van der Waals surface area (Å²) in [5.74, 6) is 0. The molecule has 1 fully saturated rings. The highest BCUT2D eigenvalue weighted by atomic mass is 79.9. The van der Waals surface area contributed by atoms with Crippen LogP contribution in [0.3, 0.4) is 0 Å². The molecule has 0 radical (unpaired) electrons. The van der Waals surface area contributed by atoms with Crippen LogP contribution in [0.2, 0.25) is 0 Å². The monoisotopic (exact) mass is 273 g/mol. The zero-order valence-electron chi connectivity index (χ0n) is 8.62. The van der Waals surface area contributed by atoms with Gasteiger partial charge in [-0.05, 0) is 47.7 Å². The maximum absolute atomic E-state index is 6.07. The predicted octanol–water partition coefficient (Wildman–Crippen LogP) is 3.00. The third-order valence-electron chi connectivity index (χ3n) is 2.87. The van der Waals surface area contributed by atoms with Crippen LogP contribution in [0.15, 0.2) is 21.4 Å². The van der Waals surface area contributed by atoms with E-state index in [1.807, 2.05) is 6.07 Å². The first-order valence-electron chi connectivity index (χ1n) is 5.37. The molecule has 2 heterocycles. The van der Waals surface area contributed by atoms with Crippen molar-refractivity contribution in [3.05, 3.63) is 22.6 Å². The molecule has 2 atom stereocenters. The zero-order valence-corrected chi connectivity index (χ0v) is 10.2. The summed E-state index contributed by atoms with van der Waals surface area (Å²) >= 11 is 3.34. The summed E-state index contributed by atoms with van der Waals surface area (Å²) in [4.78, 5) is 0. The molecule has 0 amide bonds. The van der Waals surface area contributed by atoms with Crippen LogP contribution in [-0.2, 0) is 4.74 Å². The Bertz CT molecular complexity index is 307. The molecule has 0 aromatic carbocycles. The zero-order chi connectivity index (χ0) is 10.7. The van der Waals surface area contributed by atoms with Crippen LogP contribution < -0.4 is 5.73 Å². The first kappa shape index (κ1) is 11.2. The number of halogens is 1. The first-order chi connectivity index (χ1) is 7.27. The van der Waals surface area contributed by atoms with Crippen LogP contribution in [-0.4, -0.2) is 12.7 Å². The molecule has 1 saturated heterocycles. The van der Waals surface area contributed by atoms with Crippen LogP contribution in [0.1, 0.15) is 37.3 Å². The van der Waals surface area contributed by atoms with Crippen molar-refractivity contribution in [1.82, 2.24) is 0 Å². The molecule has 1 aliphatic rings. The molecule has 2 rings (SSSR count). The topological polar surface area (TPSA) is 48.4 Å². The summed E-state index contributed by atoms with van der Waals surface area (Å²) in [7, 11) is 0. The molecule has 0 bridgehead atoms. The first-order valence-corrected chi connectivity index (χ1v) is 6.16. The average Bonchev–Trinajstić information content (AvgIpc) is 2.84. The van der Waals surface area contributed by atoms with Crippen LogP contribution in [0.25, 0.3) is 0 Å². The fourth-order valence-electron chi connectivity index (χ4n) is 1.96. The predicted molar refractivity (Wildman–Crippen MR) is 61.5 cm³/mol. The third-order valence-corrected chi connectivity index (χ3v) is 3.51. The van der Waals surface area contributed by atoms with Crippen molar-refractivity contribution in [2.45, 2.75) is 37.8 Å². The summed E-state index contributed by atoms with van der Waals surface area (Å²) in [6, 6.07) is 1.96. The van der Waals surface area contributed by atoms with Gasteiger partial charge in [-0.1, -0.05) is 0 Å². The maximum Gasteiger partial charge on any atom is 0.173 e. The van der Waals surface area contributed by atoms with Crippen LogP contribution in [0, 0.1) is 0 Å². The Kier molecular flexibility index (Phi) is 3.83. The fourth-order valence-corrected chi connectivity index (χ4v) is 2.50. The van der Waals surface area contributed by atoms with E-state index in [1.165, 1.54) is 12.8 Å². The van der Waals surface area contributed by atoms with Gasteiger partial charge >= 0.3 is 0 Å². The number of furan rings is 1. The molecular formula is C11H16BrNO2. The lowest BCUT2D eigenvalue weighted by Gasteiger charge is -2.13. The number of hydrogen-bond donors (Lipinski definition) is 1. The van der Waals surface area contributed by atoms with Gasteiger partial charge in [0.25, 0.3) is 0 Å². The lowest BCUT2D eigenvalue weighted by molar-refractivity contribution is 0.101. The summed E-state index contributed by atoms with van der Waals surface area (Å²) in [6.07, 6.45) is 6.43. The molecule has 4 heteroatoms. The highest BCUT2D eigenvalue weighted by Crippen LogP contribution is 2.27. The van der Waals surface area contributed by atoms with Crippen molar-refractivity contribution < 1.29 is 9.15 Å². The molecule has 0 saturated carbocycles. The van der Waals surface area contributed by atoms with Gasteiger partial charge < -0.3 is 14.9 Å². The molecule has 15 heavy (non-hydrogen) atoms. The molecular weight excluding hydrogens is 258 g/mol. The molecule has 84 valence electrons. The van der Waals surface area contributed by atoms with Crippen molar-refractivity contribution in [2.75, 3.05) is 6.61 Å². The Morgan fingerprint density at radius 3 is 3.07 bits per heavy atom. The lowest BCUT2D eigenvalue weighted by Crippen LogP contribution is -2.14.